The third kappa shape index (κ3) is 3.20. The summed E-state index contributed by atoms with van der Waals surface area (Å²) in [6, 6.07) is 0.498. The normalized spacial score (nSPS) is 11.1. The molecule has 0 amide bonds. The maximum absolute atomic E-state index is 5.49. The van der Waals surface area contributed by atoms with Gasteiger partial charge in [0.2, 0.25) is 0 Å². The van der Waals surface area contributed by atoms with Crippen LogP contribution in [0.5, 0.6) is 0 Å². The van der Waals surface area contributed by atoms with E-state index in [0.29, 0.717) is 12.6 Å². The molecule has 104 valence electrons. The highest BCUT2D eigenvalue weighted by molar-refractivity contribution is 5.12. The Morgan fingerprint density at radius 1 is 1.21 bits per heavy atom. The van der Waals surface area contributed by atoms with Crippen molar-refractivity contribution in [2.75, 3.05) is 6.54 Å². The van der Waals surface area contributed by atoms with Gasteiger partial charge in [-0.3, -0.25) is 0 Å². The van der Waals surface area contributed by atoms with Crippen LogP contribution in [0.1, 0.15) is 44.5 Å². The third-order valence-corrected chi connectivity index (χ3v) is 2.80. The number of hydrogen-bond donors (Lipinski definition) is 1. The molecule has 0 atom stereocenters. The lowest BCUT2D eigenvalue weighted by molar-refractivity contribution is 0.500. The van der Waals surface area contributed by atoms with Gasteiger partial charge in [-0.2, -0.15) is 9.67 Å². The van der Waals surface area contributed by atoms with Crippen molar-refractivity contribution >= 4 is 0 Å². The van der Waals surface area contributed by atoms with Crippen molar-refractivity contribution in [3.63, 3.8) is 0 Å². The molecule has 6 heteroatoms. The van der Waals surface area contributed by atoms with Crippen molar-refractivity contribution in [3.8, 4) is 6.01 Å². The molecular weight excluding hydrogens is 242 g/mol. The van der Waals surface area contributed by atoms with Crippen LogP contribution in [0.4, 0.5) is 0 Å². The van der Waals surface area contributed by atoms with Crippen LogP contribution in [0.3, 0.4) is 0 Å². The molecule has 1 N–H and O–H groups in total. The Morgan fingerprint density at radius 3 is 2.74 bits per heavy atom. The minimum absolute atomic E-state index is 0.498. The van der Waals surface area contributed by atoms with Gasteiger partial charge in [0, 0.05) is 19.4 Å². The largest absolute Gasteiger partial charge is 0.430 e. The Hall–Kier alpha value is -1.69. The summed E-state index contributed by atoms with van der Waals surface area (Å²) in [7, 11) is 0. The van der Waals surface area contributed by atoms with Crippen LogP contribution in [0.15, 0.2) is 10.7 Å². The van der Waals surface area contributed by atoms with Crippen LogP contribution in [-0.2, 0) is 19.4 Å². The zero-order chi connectivity index (χ0) is 13.7. The molecule has 0 saturated carbocycles. The topological polar surface area (TPSA) is 68.8 Å². The highest BCUT2D eigenvalue weighted by atomic mass is 16.4. The predicted octanol–water partition coefficient (Wildman–Crippen LogP) is 1.88. The first-order valence-electron chi connectivity index (χ1n) is 6.88. The van der Waals surface area contributed by atoms with Gasteiger partial charge in [0.05, 0.1) is 5.69 Å². The number of nitrogens with zero attached hydrogens (tertiary/aromatic N) is 4. The zero-order valence-electron chi connectivity index (χ0n) is 11.8. The van der Waals surface area contributed by atoms with Crippen molar-refractivity contribution in [1.29, 1.82) is 0 Å². The fourth-order valence-electron chi connectivity index (χ4n) is 1.79. The van der Waals surface area contributed by atoms with Gasteiger partial charge in [0.25, 0.3) is 0 Å². The van der Waals surface area contributed by atoms with E-state index in [4.69, 9.17) is 4.42 Å². The van der Waals surface area contributed by atoms with Crippen LogP contribution in [0.2, 0.25) is 0 Å². The second-order valence-corrected chi connectivity index (χ2v) is 4.36. The van der Waals surface area contributed by atoms with E-state index in [1.165, 1.54) is 0 Å². The van der Waals surface area contributed by atoms with Gasteiger partial charge < -0.3 is 9.73 Å². The molecule has 2 aromatic heterocycles. The van der Waals surface area contributed by atoms with E-state index in [-0.39, 0.29) is 0 Å². The molecule has 0 unspecified atom stereocenters. The first-order valence-corrected chi connectivity index (χ1v) is 6.88. The molecule has 0 aromatic carbocycles. The molecule has 6 nitrogen and oxygen atoms in total. The summed E-state index contributed by atoms with van der Waals surface area (Å²) in [5.74, 6) is 1.70. The lowest BCUT2D eigenvalue weighted by Crippen LogP contribution is -2.14. The molecule has 0 fully saturated rings. The predicted molar refractivity (Wildman–Crippen MR) is 72.2 cm³/mol. The average Bonchev–Trinajstić information content (AvgIpc) is 3.04. The van der Waals surface area contributed by atoms with Gasteiger partial charge in [0.15, 0.2) is 5.82 Å². The molecule has 0 bridgehead atoms. The Bertz CT molecular complexity index is 517. The molecule has 0 spiro atoms. The number of oxazole rings is 1. The number of aryl methyl sites for hydroxylation is 2. The van der Waals surface area contributed by atoms with Crippen LogP contribution < -0.4 is 5.32 Å². The van der Waals surface area contributed by atoms with Crippen LogP contribution in [0.25, 0.3) is 6.01 Å². The first kappa shape index (κ1) is 13.7. The van der Waals surface area contributed by atoms with Crippen molar-refractivity contribution in [2.45, 2.75) is 46.6 Å². The SMILES string of the molecule is CCCNCc1coc(-n2nc(CC)nc2CC)n1. The van der Waals surface area contributed by atoms with Gasteiger partial charge in [-0.25, -0.2) is 4.98 Å². The molecule has 0 aliphatic heterocycles. The zero-order valence-corrected chi connectivity index (χ0v) is 11.8. The van der Waals surface area contributed by atoms with E-state index < -0.39 is 0 Å². The molecular formula is C13H21N5O. The summed E-state index contributed by atoms with van der Waals surface area (Å²) >= 11 is 0. The molecule has 0 radical (unpaired) electrons. The summed E-state index contributed by atoms with van der Waals surface area (Å²) in [6.07, 6.45) is 4.39. The smallest absolute Gasteiger partial charge is 0.324 e. The summed E-state index contributed by atoms with van der Waals surface area (Å²) in [5, 5.41) is 7.70. The molecule has 2 rings (SSSR count). The fraction of sp³-hybridized carbons (Fsp3) is 0.615. The summed E-state index contributed by atoms with van der Waals surface area (Å²) in [5.41, 5.74) is 0.888. The number of aromatic nitrogens is 4. The Labute approximate surface area is 113 Å². The fourth-order valence-corrected chi connectivity index (χ4v) is 1.79. The monoisotopic (exact) mass is 263 g/mol. The van der Waals surface area contributed by atoms with Crippen LogP contribution >= 0.6 is 0 Å². The number of nitrogens with one attached hydrogen (secondary N) is 1. The number of rotatable bonds is 7. The van der Waals surface area contributed by atoms with E-state index in [2.05, 4.69) is 27.3 Å². The second kappa shape index (κ2) is 6.47. The van der Waals surface area contributed by atoms with E-state index in [0.717, 1.165) is 43.1 Å². The molecule has 2 aromatic rings. The minimum atomic E-state index is 0.498. The van der Waals surface area contributed by atoms with Gasteiger partial charge in [-0.1, -0.05) is 20.8 Å². The Morgan fingerprint density at radius 2 is 2.05 bits per heavy atom. The van der Waals surface area contributed by atoms with E-state index in [9.17, 15) is 0 Å². The van der Waals surface area contributed by atoms with Crippen molar-refractivity contribution < 1.29 is 4.42 Å². The maximum atomic E-state index is 5.49. The summed E-state index contributed by atoms with van der Waals surface area (Å²) in [4.78, 5) is 8.88. The lowest BCUT2D eigenvalue weighted by atomic mass is 10.4. The molecule has 0 aliphatic rings. The quantitative estimate of drug-likeness (QED) is 0.772. The summed E-state index contributed by atoms with van der Waals surface area (Å²) in [6.45, 7) is 7.91. The highest BCUT2D eigenvalue weighted by Gasteiger charge is 2.13. The van der Waals surface area contributed by atoms with Gasteiger partial charge in [-0.15, -0.1) is 5.10 Å². The Kier molecular flexibility index (Phi) is 4.68. The van der Waals surface area contributed by atoms with Gasteiger partial charge in [-0.05, 0) is 13.0 Å². The number of hydrogen-bond acceptors (Lipinski definition) is 5. The van der Waals surface area contributed by atoms with Gasteiger partial charge >= 0.3 is 6.01 Å². The second-order valence-electron chi connectivity index (χ2n) is 4.36. The van der Waals surface area contributed by atoms with Crippen molar-refractivity contribution in [2.24, 2.45) is 0 Å². The average molecular weight is 263 g/mol. The van der Waals surface area contributed by atoms with Crippen LogP contribution in [0, 0.1) is 0 Å². The molecule has 19 heavy (non-hydrogen) atoms. The van der Waals surface area contributed by atoms with Crippen molar-refractivity contribution in [1.82, 2.24) is 25.1 Å². The van der Waals surface area contributed by atoms with E-state index in [1.807, 2.05) is 13.8 Å². The minimum Gasteiger partial charge on any atom is -0.430 e. The lowest BCUT2D eigenvalue weighted by Gasteiger charge is -1.98. The third-order valence-electron chi connectivity index (χ3n) is 2.80. The molecule has 0 saturated heterocycles. The van der Waals surface area contributed by atoms with E-state index in [1.54, 1.807) is 10.9 Å². The van der Waals surface area contributed by atoms with E-state index >= 15 is 0 Å². The standard InChI is InChI=1S/C13H21N5O/c1-4-7-14-8-10-9-19-13(15-10)18-12(6-3)16-11(5-2)17-18/h9,14H,4-8H2,1-3H3. The molecule has 0 aliphatic carbocycles. The Balaban J connectivity index is 2.15. The van der Waals surface area contributed by atoms with Gasteiger partial charge in [0.1, 0.15) is 12.1 Å². The van der Waals surface area contributed by atoms with Crippen LogP contribution in [-0.4, -0.2) is 26.3 Å². The van der Waals surface area contributed by atoms with Crippen molar-refractivity contribution in [3.05, 3.63) is 23.6 Å². The maximum Gasteiger partial charge on any atom is 0.324 e. The summed E-state index contributed by atoms with van der Waals surface area (Å²) < 4.78 is 7.19. The molecule has 2 heterocycles. The highest BCUT2D eigenvalue weighted by Crippen LogP contribution is 2.11. The first-order chi connectivity index (χ1) is 9.28.